The SMILES string of the molecule is CC1(C)CC(=O)C=C(n2nnc3ccccc32)C1. The third-order valence-corrected chi connectivity index (χ3v) is 3.26. The van der Waals surface area contributed by atoms with Gasteiger partial charge in [0.2, 0.25) is 0 Å². The summed E-state index contributed by atoms with van der Waals surface area (Å²) in [6, 6.07) is 7.79. The van der Waals surface area contributed by atoms with E-state index in [1.165, 1.54) is 0 Å². The number of rotatable bonds is 1. The van der Waals surface area contributed by atoms with Crippen molar-refractivity contribution in [2.24, 2.45) is 5.41 Å². The third-order valence-electron chi connectivity index (χ3n) is 3.26. The largest absolute Gasteiger partial charge is 0.295 e. The Balaban J connectivity index is 2.12. The molecule has 0 aliphatic heterocycles. The highest BCUT2D eigenvalue weighted by Crippen LogP contribution is 2.36. The Bertz CT molecular complexity index is 652. The molecular formula is C14H15N3O. The Morgan fingerprint density at radius 2 is 2.00 bits per heavy atom. The molecular weight excluding hydrogens is 226 g/mol. The van der Waals surface area contributed by atoms with Crippen molar-refractivity contribution in [2.45, 2.75) is 26.7 Å². The first-order chi connectivity index (χ1) is 8.55. The number of hydrogen-bond acceptors (Lipinski definition) is 3. The lowest BCUT2D eigenvalue weighted by molar-refractivity contribution is -0.116. The van der Waals surface area contributed by atoms with E-state index in [0.717, 1.165) is 23.2 Å². The molecule has 1 aromatic carbocycles. The number of benzene rings is 1. The zero-order valence-corrected chi connectivity index (χ0v) is 10.6. The normalized spacial score (nSPS) is 19.0. The molecule has 4 nitrogen and oxygen atoms in total. The van der Waals surface area contributed by atoms with Crippen molar-refractivity contribution in [2.75, 3.05) is 0 Å². The second-order valence-electron chi connectivity index (χ2n) is 5.61. The van der Waals surface area contributed by atoms with Gasteiger partial charge >= 0.3 is 0 Å². The minimum absolute atomic E-state index is 0.00573. The minimum atomic E-state index is -0.00573. The average molecular weight is 241 g/mol. The fraction of sp³-hybridized carbons (Fsp3) is 0.357. The summed E-state index contributed by atoms with van der Waals surface area (Å²) in [5, 5.41) is 8.29. The zero-order valence-electron chi connectivity index (χ0n) is 10.6. The summed E-state index contributed by atoms with van der Waals surface area (Å²) in [6.45, 7) is 4.22. The van der Waals surface area contributed by atoms with Crippen molar-refractivity contribution in [3.05, 3.63) is 30.3 Å². The molecule has 1 heterocycles. The van der Waals surface area contributed by atoms with Gasteiger partial charge in [0.25, 0.3) is 0 Å². The van der Waals surface area contributed by atoms with Crippen LogP contribution in [0.3, 0.4) is 0 Å². The highest BCUT2D eigenvalue weighted by molar-refractivity contribution is 5.97. The van der Waals surface area contributed by atoms with Gasteiger partial charge in [-0.3, -0.25) is 4.79 Å². The number of para-hydroxylation sites is 1. The van der Waals surface area contributed by atoms with Crippen LogP contribution >= 0.6 is 0 Å². The number of ketones is 1. The molecule has 0 N–H and O–H groups in total. The second kappa shape index (κ2) is 3.77. The molecule has 0 saturated carbocycles. The predicted octanol–water partition coefficient (Wildman–Crippen LogP) is 2.66. The summed E-state index contributed by atoms with van der Waals surface area (Å²) < 4.78 is 1.79. The van der Waals surface area contributed by atoms with E-state index in [9.17, 15) is 4.79 Å². The molecule has 3 rings (SSSR count). The molecule has 0 unspecified atom stereocenters. The van der Waals surface area contributed by atoms with Crippen LogP contribution in [-0.4, -0.2) is 20.8 Å². The van der Waals surface area contributed by atoms with Crippen molar-refractivity contribution in [1.29, 1.82) is 0 Å². The Kier molecular flexibility index (Phi) is 2.33. The van der Waals surface area contributed by atoms with Gasteiger partial charge in [-0.05, 0) is 24.0 Å². The van der Waals surface area contributed by atoms with Crippen LogP contribution in [0.5, 0.6) is 0 Å². The number of hydrogen-bond donors (Lipinski definition) is 0. The van der Waals surface area contributed by atoms with Crippen LogP contribution in [0, 0.1) is 5.41 Å². The van der Waals surface area contributed by atoms with Crippen LogP contribution < -0.4 is 0 Å². The first-order valence-corrected chi connectivity index (χ1v) is 6.09. The minimum Gasteiger partial charge on any atom is -0.295 e. The van der Waals surface area contributed by atoms with Gasteiger partial charge in [-0.2, -0.15) is 0 Å². The summed E-state index contributed by atoms with van der Waals surface area (Å²) in [7, 11) is 0. The van der Waals surface area contributed by atoms with E-state index in [1.54, 1.807) is 10.8 Å². The van der Waals surface area contributed by atoms with E-state index in [2.05, 4.69) is 24.2 Å². The number of nitrogens with zero attached hydrogens (tertiary/aromatic N) is 3. The number of aromatic nitrogens is 3. The van der Waals surface area contributed by atoms with Crippen LogP contribution in [0.2, 0.25) is 0 Å². The Hall–Kier alpha value is -1.97. The summed E-state index contributed by atoms with van der Waals surface area (Å²) >= 11 is 0. The van der Waals surface area contributed by atoms with Crippen molar-refractivity contribution in [3.8, 4) is 0 Å². The Labute approximate surface area is 105 Å². The van der Waals surface area contributed by atoms with Gasteiger partial charge in [0.1, 0.15) is 5.52 Å². The van der Waals surface area contributed by atoms with E-state index in [4.69, 9.17) is 0 Å². The van der Waals surface area contributed by atoms with Crippen molar-refractivity contribution in [1.82, 2.24) is 15.0 Å². The molecule has 1 aromatic heterocycles. The molecule has 18 heavy (non-hydrogen) atoms. The third kappa shape index (κ3) is 1.83. The molecule has 4 heteroatoms. The van der Waals surface area contributed by atoms with Crippen molar-refractivity contribution < 1.29 is 4.79 Å². The van der Waals surface area contributed by atoms with Crippen LogP contribution in [-0.2, 0) is 4.79 Å². The average Bonchev–Trinajstić information content (AvgIpc) is 2.69. The first-order valence-electron chi connectivity index (χ1n) is 6.09. The van der Waals surface area contributed by atoms with Gasteiger partial charge < -0.3 is 0 Å². The molecule has 0 bridgehead atoms. The maximum Gasteiger partial charge on any atom is 0.158 e. The monoisotopic (exact) mass is 241 g/mol. The van der Waals surface area contributed by atoms with Crippen LogP contribution in [0.25, 0.3) is 16.7 Å². The lowest BCUT2D eigenvalue weighted by Gasteiger charge is -2.28. The van der Waals surface area contributed by atoms with Crippen LogP contribution in [0.1, 0.15) is 26.7 Å². The maximum absolute atomic E-state index is 11.8. The van der Waals surface area contributed by atoms with E-state index in [1.807, 2.05) is 24.3 Å². The molecule has 0 saturated heterocycles. The second-order valence-corrected chi connectivity index (χ2v) is 5.61. The molecule has 0 radical (unpaired) electrons. The smallest absolute Gasteiger partial charge is 0.158 e. The Morgan fingerprint density at radius 1 is 1.22 bits per heavy atom. The van der Waals surface area contributed by atoms with Gasteiger partial charge in [0.05, 0.1) is 5.52 Å². The molecule has 0 spiro atoms. The molecule has 0 fully saturated rings. The maximum atomic E-state index is 11.8. The summed E-state index contributed by atoms with van der Waals surface area (Å²) in [5.41, 5.74) is 2.74. The summed E-state index contributed by atoms with van der Waals surface area (Å²) in [5.74, 6) is 0.167. The molecule has 0 amide bonds. The quantitative estimate of drug-likeness (QED) is 0.771. The van der Waals surface area contributed by atoms with Gasteiger partial charge in [-0.25, -0.2) is 4.68 Å². The predicted molar refractivity (Wildman–Crippen MR) is 69.8 cm³/mol. The van der Waals surface area contributed by atoms with Crippen molar-refractivity contribution in [3.63, 3.8) is 0 Å². The van der Waals surface area contributed by atoms with E-state index in [-0.39, 0.29) is 11.2 Å². The molecule has 1 aliphatic rings. The fourth-order valence-corrected chi connectivity index (χ4v) is 2.53. The summed E-state index contributed by atoms with van der Waals surface area (Å²) in [4.78, 5) is 11.8. The Morgan fingerprint density at radius 3 is 2.78 bits per heavy atom. The molecule has 92 valence electrons. The molecule has 2 aromatic rings. The highest BCUT2D eigenvalue weighted by atomic mass is 16.1. The van der Waals surface area contributed by atoms with Crippen LogP contribution in [0.4, 0.5) is 0 Å². The van der Waals surface area contributed by atoms with Gasteiger partial charge in [-0.15, -0.1) is 5.10 Å². The zero-order chi connectivity index (χ0) is 12.8. The number of fused-ring (bicyclic) bond motifs is 1. The van der Waals surface area contributed by atoms with Gasteiger partial charge in [0, 0.05) is 18.2 Å². The first kappa shape index (κ1) is 11.1. The number of allylic oxidation sites excluding steroid dienone is 2. The fourth-order valence-electron chi connectivity index (χ4n) is 2.53. The standard InChI is InChI=1S/C14H15N3O/c1-14(2)8-10(7-11(18)9-14)17-13-6-4-3-5-12(13)15-16-17/h3-7H,8-9H2,1-2H3. The number of carbonyl (C=O) groups excluding carboxylic acids is 1. The van der Waals surface area contributed by atoms with E-state index in [0.29, 0.717) is 6.42 Å². The van der Waals surface area contributed by atoms with E-state index >= 15 is 0 Å². The lowest BCUT2D eigenvalue weighted by Crippen LogP contribution is -2.23. The molecule has 0 atom stereocenters. The topological polar surface area (TPSA) is 47.8 Å². The summed E-state index contributed by atoms with van der Waals surface area (Å²) in [6.07, 6.45) is 3.14. The highest BCUT2D eigenvalue weighted by Gasteiger charge is 2.29. The van der Waals surface area contributed by atoms with Gasteiger partial charge in [0.15, 0.2) is 5.78 Å². The van der Waals surface area contributed by atoms with Crippen LogP contribution in [0.15, 0.2) is 30.3 Å². The van der Waals surface area contributed by atoms with E-state index < -0.39 is 0 Å². The van der Waals surface area contributed by atoms with Crippen molar-refractivity contribution >= 4 is 22.5 Å². The van der Waals surface area contributed by atoms with Gasteiger partial charge in [-0.1, -0.05) is 31.2 Å². The lowest BCUT2D eigenvalue weighted by atomic mass is 9.79. The number of carbonyl (C=O) groups is 1. The molecule has 1 aliphatic carbocycles.